The summed E-state index contributed by atoms with van der Waals surface area (Å²) in [4.78, 5) is 4.98. The lowest BCUT2D eigenvalue weighted by Gasteiger charge is -2.06. The molecular formula is C11H12N2O2S. The molecule has 0 fully saturated rings. The van der Waals surface area contributed by atoms with Gasteiger partial charge in [-0.1, -0.05) is 0 Å². The van der Waals surface area contributed by atoms with Crippen molar-refractivity contribution < 1.29 is 9.15 Å². The molecule has 4 nitrogen and oxygen atoms in total. The first-order valence-electron chi connectivity index (χ1n) is 4.88. The number of ether oxygens (including phenoxy) is 1. The molecule has 0 aliphatic rings. The van der Waals surface area contributed by atoms with Crippen molar-refractivity contribution in [1.82, 2.24) is 4.98 Å². The van der Waals surface area contributed by atoms with Gasteiger partial charge in [0.1, 0.15) is 12.0 Å². The first-order valence-corrected chi connectivity index (χ1v) is 5.70. The zero-order chi connectivity index (χ0) is 11.4. The van der Waals surface area contributed by atoms with Gasteiger partial charge in [0.15, 0.2) is 0 Å². The molecule has 5 heteroatoms. The van der Waals surface area contributed by atoms with E-state index in [2.05, 4.69) is 4.98 Å². The molecule has 0 spiro atoms. The van der Waals surface area contributed by atoms with Crippen LogP contribution >= 0.6 is 11.8 Å². The fraction of sp³-hybridized carbons (Fsp3) is 0.182. The second kappa shape index (κ2) is 4.94. The number of nitrogen functional groups attached to an aromatic ring is 1. The summed E-state index contributed by atoms with van der Waals surface area (Å²) in [5.74, 6) is 0.761. The fourth-order valence-corrected chi connectivity index (χ4v) is 2.05. The maximum Gasteiger partial charge on any atom is 0.260 e. The van der Waals surface area contributed by atoms with Crippen LogP contribution in [-0.4, -0.2) is 11.6 Å². The molecule has 0 bridgehead atoms. The second-order valence-electron chi connectivity index (χ2n) is 3.07. The van der Waals surface area contributed by atoms with E-state index in [1.165, 1.54) is 18.0 Å². The Morgan fingerprint density at radius 2 is 2.31 bits per heavy atom. The van der Waals surface area contributed by atoms with Crippen molar-refractivity contribution >= 4 is 17.4 Å². The average Bonchev–Trinajstić information content (AvgIpc) is 2.70. The van der Waals surface area contributed by atoms with E-state index in [1.54, 1.807) is 12.3 Å². The monoisotopic (exact) mass is 236 g/mol. The largest absolute Gasteiger partial charge is 0.494 e. The molecule has 2 rings (SSSR count). The van der Waals surface area contributed by atoms with Crippen LogP contribution in [0, 0.1) is 0 Å². The van der Waals surface area contributed by atoms with E-state index in [9.17, 15) is 0 Å². The van der Waals surface area contributed by atoms with Gasteiger partial charge >= 0.3 is 0 Å². The van der Waals surface area contributed by atoms with Gasteiger partial charge in [-0.15, -0.1) is 0 Å². The van der Waals surface area contributed by atoms with E-state index >= 15 is 0 Å². The molecule has 1 aromatic carbocycles. The zero-order valence-electron chi connectivity index (χ0n) is 8.84. The smallest absolute Gasteiger partial charge is 0.260 e. The maximum absolute atomic E-state index is 5.77. The van der Waals surface area contributed by atoms with Gasteiger partial charge in [0.2, 0.25) is 0 Å². The fourth-order valence-electron chi connectivity index (χ4n) is 1.26. The van der Waals surface area contributed by atoms with Crippen molar-refractivity contribution in [2.24, 2.45) is 0 Å². The zero-order valence-corrected chi connectivity index (χ0v) is 9.66. The van der Waals surface area contributed by atoms with Crippen molar-refractivity contribution in [2.45, 2.75) is 17.0 Å². The first-order chi connectivity index (χ1) is 7.78. The SMILES string of the molecule is CCOc1cc(N)cc(Sc2ncco2)c1. The number of nitrogens with two attached hydrogens (primary N) is 1. The second-order valence-corrected chi connectivity index (χ2v) is 4.10. The minimum absolute atomic E-state index is 0.591. The van der Waals surface area contributed by atoms with Crippen LogP contribution in [-0.2, 0) is 0 Å². The van der Waals surface area contributed by atoms with Crippen LogP contribution in [0.3, 0.4) is 0 Å². The number of nitrogens with zero attached hydrogens (tertiary/aromatic N) is 1. The lowest BCUT2D eigenvalue weighted by Crippen LogP contribution is -1.93. The molecule has 0 aliphatic heterocycles. The summed E-state index contributed by atoms with van der Waals surface area (Å²) in [6.07, 6.45) is 3.15. The molecule has 0 unspecified atom stereocenters. The van der Waals surface area contributed by atoms with Crippen LogP contribution in [0.5, 0.6) is 5.75 Å². The number of benzene rings is 1. The number of hydrogen-bond acceptors (Lipinski definition) is 5. The Kier molecular flexibility index (Phi) is 3.36. The van der Waals surface area contributed by atoms with Crippen LogP contribution in [0.1, 0.15) is 6.92 Å². The van der Waals surface area contributed by atoms with Crippen LogP contribution < -0.4 is 10.5 Å². The van der Waals surface area contributed by atoms with Gasteiger partial charge in [0.25, 0.3) is 5.22 Å². The number of hydrogen-bond donors (Lipinski definition) is 1. The van der Waals surface area contributed by atoms with Crippen molar-refractivity contribution in [3.63, 3.8) is 0 Å². The van der Waals surface area contributed by atoms with Crippen LogP contribution in [0.15, 0.2) is 45.2 Å². The molecule has 0 saturated carbocycles. The van der Waals surface area contributed by atoms with E-state index in [4.69, 9.17) is 14.9 Å². The lowest BCUT2D eigenvalue weighted by molar-refractivity contribution is 0.339. The summed E-state index contributed by atoms with van der Waals surface area (Å²) >= 11 is 1.41. The van der Waals surface area contributed by atoms with Crippen molar-refractivity contribution in [1.29, 1.82) is 0 Å². The molecule has 0 radical (unpaired) electrons. The predicted octanol–water partition coefficient (Wildman–Crippen LogP) is 2.81. The van der Waals surface area contributed by atoms with Crippen LogP contribution in [0.25, 0.3) is 0 Å². The number of aromatic nitrogens is 1. The summed E-state index contributed by atoms with van der Waals surface area (Å²) in [6, 6.07) is 5.56. The Hall–Kier alpha value is -1.62. The molecule has 1 heterocycles. The minimum Gasteiger partial charge on any atom is -0.494 e. The highest BCUT2D eigenvalue weighted by atomic mass is 32.2. The predicted molar refractivity (Wildman–Crippen MR) is 62.6 cm³/mol. The molecule has 2 N–H and O–H groups in total. The van der Waals surface area contributed by atoms with E-state index in [0.29, 0.717) is 17.5 Å². The molecule has 0 aliphatic carbocycles. The average molecular weight is 236 g/mol. The minimum atomic E-state index is 0.591. The van der Waals surface area contributed by atoms with E-state index in [-0.39, 0.29) is 0 Å². The number of oxazole rings is 1. The molecule has 16 heavy (non-hydrogen) atoms. The van der Waals surface area contributed by atoms with Crippen molar-refractivity contribution in [3.8, 4) is 5.75 Å². The Morgan fingerprint density at radius 1 is 1.44 bits per heavy atom. The van der Waals surface area contributed by atoms with Crippen LogP contribution in [0.2, 0.25) is 0 Å². The molecule has 1 aromatic heterocycles. The molecule has 0 atom stereocenters. The molecule has 0 amide bonds. The van der Waals surface area contributed by atoms with Gasteiger partial charge < -0.3 is 14.9 Å². The Labute approximate surface area is 97.8 Å². The molecule has 2 aromatic rings. The lowest BCUT2D eigenvalue weighted by atomic mass is 10.3. The summed E-state index contributed by atoms with van der Waals surface area (Å²) in [7, 11) is 0. The molecular weight excluding hydrogens is 224 g/mol. The highest BCUT2D eigenvalue weighted by molar-refractivity contribution is 7.99. The summed E-state index contributed by atoms with van der Waals surface area (Å²) in [6.45, 7) is 2.55. The molecule has 84 valence electrons. The third kappa shape index (κ3) is 2.70. The van der Waals surface area contributed by atoms with E-state index in [0.717, 1.165) is 10.6 Å². The maximum atomic E-state index is 5.77. The number of anilines is 1. The third-order valence-corrected chi connectivity index (χ3v) is 2.68. The Bertz CT molecular complexity index is 457. The van der Waals surface area contributed by atoms with Gasteiger partial charge in [-0.05, 0) is 30.8 Å². The van der Waals surface area contributed by atoms with E-state index < -0.39 is 0 Å². The van der Waals surface area contributed by atoms with Gasteiger partial charge in [0, 0.05) is 16.6 Å². The Morgan fingerprint density at radius 3 is 3.00 bits per heavy atom. The first kappa shape index (κ1) is 10.9. The normalized spacial score (nSPS) is 10.3. The van der Waals surface area contributed by atoms with Gasteiger partial charge in [-0.2, -0.15) is 0 Å². The van der Waals surface area contributed by atoms with Crippen molar-refractivity contribution in [3.05, 3.63) is 30.7 Å². The van der Waals surface area contributed by atoms with Gasteiger partial charge in [-0.25, -0.2) is 4.98 Å². The molecule has 0 saturated heterocycles. The highest BCUT2D eigenvalue weighted by Crippen LogP contribution is 2.31. The summed E-state index contributed by atoms with van der Waals surface area (Å²) < 4.78 is 10.5. The summed E-state index contributed by atoms with van der Waals surface area (Å²) in [5, 5.41) is 0.591. The topological polar surface area (TPSA) is 61.3 Å². The third-order valence-electron chi connectivity index (χ3n) is 1.83. The Balaban J connectivity index is 2.20. The van der Waals surface area contributed by atoms with Gasteiger partial charge in [0.05, 0.1) is 12.8 Å². The summed E-state index contributed by atoms with van der Waals surface area (Å²) in [5.41, 5.74) is 6.44. The number of rotatable bonds is 4. The highest BCUT2D eigenvalue weighted by Gasteiger charge is 2.04. The van der Waals surface area contributed by atoms with Gasteiger partial charge in [-0.3, -0.25) is 0 Å². The quantitative estimate of drug-likeness (QED) is 0.827. The van der Waals surface area contributed by atoms with Crippen molar-refractivity contribution in [2.75, 3.05) is 12.3 Å². The standard InChI is InChI=1S/C11H12N2O2S/c1-2-14-9-5-8(12)6-10(7-9)16-11-13-3-4-15-11/h3-7H,2,12H2,1H3. The van der Waals surface area contributed by atoms with Crippen LogP contribution in [0.4, 0.5) is 5.69 Å². The van der Waals surface area contributed by atoms with E-state index in [1.807, 2.05) is 19.1 Å².